The quantitative estimate of drug-likeness (QED) is 0.477. The maximum Gasteiger partial charge on any atom is 0.309 e. The lowest BCUT2D eigenvalue weighted by Crippen LogP contribution is -2.66. The highest BCUT2D eigenvalue weighted by Gasteiger charge is 2.72. The van der Waals surface area contributed by atoms with Crippen molar-refractivity contribution in [3.05, 3.63) is 12.2 Å². The molecule has 0 aromatic rings. The van der Waals surface area contributed by atoms with Crippen LogP contribution in [0.5, 0.6) is 0 Å². The highest BCUT2D eigenvalue weighted by molar-refractivity contribution is 5.85. The molecular weight excluding hydrogens is 424 g/mol. The van der Waals surface area contributed by atoms with Crippen LogP contribution in [0.1, 0.15) is 98.8 Å². The molecule has 0 spiro atoms. The smallest absolute Gasteiger partial charge is 0.309 e. The molecule has 34 heavy (non-hydrogen) atoms. The van der Waals surface area contributed by atoms with Crippen LogP contribution in [0, 0.1) is 56.7 Å². The Labute approximate surface area is 206 Å². The molecule has 0 amide bonds. The van der Waals surface area contributed by atoms with Gasteiger partial charge in [-0.2, -0.15) is 0 Å². The van der Waals surface area contributed by atoms with Gasteiger partial charge in [-0.05, 0) is 109 Å². The lowest BCUT2D eigenvalue weighted by atomic mass is 9.32. The normalized spacial score (nSPS) is 51.6. The van der Waals surface area contributed by atoms with Gasteiger partial charge in [-0.1, -0.05) is 41.2 Å². The minimum absolute atomic E-state index is 0.0386. The molecule has 0 aliphatic heterocycles. The van der Waals surface area contributed by atoms with Gasteiger partial charge in [0.05, 0.1) is 12.0 Å². The second-order valence-corrected chi connectivity index (χ2v) is 14.3. The number of rotatable bonds is 3. The van der Waals surface area contributed by atoms with Gasteiger partial charge in [0.2, 0.25) is 0 Å². The first kappa shape index (κ1) is 24.5. The van der Waals surface area contributed by atoms with E-state index in [1.54, 1.807) is 0 Å². The molecule has 0 aromatic heterocycles. The largest absolute Gasteiger partial charge is 0.481 e. The molecule has 5 aliphatic carbocycles. The lowest BCUT2D eigenvalue weighted by Gasteiger charge is -2.72. The van der Waals surface area contributed by atoms with Gasteiger partial charge in [-0.3, -0.25) is 9.59 Å². The first-order valence-corrected chi connectivity index (χ1v) is 13.8. The zero-order valence-corrected chi connectivity index (χ0v) is 22.1. The lowest BCUT2D eigenvalue weighted by molar-refractivity contribution is -0.235. The Hall–Kier alpha value is -1.16. The fourth-order valence-electron chi connectivity index (χ4n) is 11.3. The molecule has 2 N–H and O–H groups in total. The summed E-state index contributed by atoms with van der Waals surface area (Å²) >= 11 is 0. The van der Waals surface area contributed by atoms with Crippen LogP contribution in [0.3, 0.4) is 0 Å². The Balaban J connectivity index is 1.57. The summed E-state index contributed by atoms with van der Waals surface area (Å²) in [4.78, 5) is 25.7. The SMILES string of the molecule is C=C(CO)[C@@H]1CC[C@]2(C(=O)O)CC[C@]3(C)[C@@H](CC[C@@H]4[C@@]5(C)CCC(=O)C(C)(C)[C@@H]5CC[C@]43C)[C@@H]12. The van der Waals surface area contributed by atoms with E-state index in [-0.39, 0.29) is 40.1 Å². The molecule has 190 valence electrons. The predicted molar refractivity (Wildman–Crippen MR) is 133 cm³/mol. The monoisotopic (exact) mass is 470 g/mol. The number of aliphatic hydroxyl groups is 1. The second-order valence-electron chi connectivity index (χ2n) is 14.3. The molecule has 9 atom stereocenters. The number of carbonyl (C=O) groups is 2. The Morgan fingerprint density at radius 3 is 2.26 bits per heavy atom. The van der Waals surface area contributed by atoms with Gasteiger partial charge >= 0.3 is 5.97 Å². The van der Waals surface area contributed by atoms with Crippen LogP contribution < -0.4 is 0 Å². The van der Waals surface area contributed by atoms with Crippen LogP contribution in [0.4, 0.5) is 0 Å². The fraction of sp³-hybridized carbons (Fsp3) is 0.867. The summed E-state index contributed by atoms with van der Waals surface area (Å²) < 4.78 is 0. The number of ketones is 1. The van der Waals surface area contributed by atoms with E-state index in [1.807, 2.05) is 0 Å². The number of carboxylic acids is 1. The standard InChI is InChI=1S/C30H46O4/c1-18(17-31)19-9-14-30(25(33)34)16-15-28(5)20(24(19)30)7-8-22-27(4)12-11-23(32)26(2,3)21(27)10-13-29(22,28)6/h19-22,24,31H,1,7-17H2,2-6H3,(H,33,34)/t19-,20-,21-,22+,24+,27-,28+,29+,30-/m0/s1. The van der Waals surface area contributed by atoms with Crippen molar-refractivity contribution >= 4 is 11.8 Å². The van der Waals surface area contributed by atoms with E-state index in [1.165, 1.54) is 0 Å². The average molecular weight is 471 g/mol. The first-order chi connectivity index (χ1) is 15.8. The van der Waals surface area contributed by atoms with Crippen molar-refractivity contribution < 1.29 is 19.8 Å². The van der Waals surface area contributed by atoms with E-state index >= 15 is 0 Å². The van der Waals surface area contributed by atoms with Crippen molar-refractivity contribution in [3.8, 4) is 0 Å². The molecule has 0 saturated heterocycles. The van der Waals surface area contributed by atoms with Gasteiger partial charge in [0.1, 0.15) is 5.78 Å². The summed E-state index contributed by atoms with van der Waals surface area (Å²) in [7, 11) is 0. The minimum Gasteiger partial charge on any atom is -0.481 e. The van der Waals surface area contributed by atoms with Gasteiger partial charge in [0.15, 0.2) is 0 Å². The van der Waals surface area contributed by atoms with E-state index < -0.39 is 11.4 Å². The third-order valence-electron chi connectivity index (χ3n) is 13.3. The fourth-order valence-corrected chi connectivity index (χ4v) is 11.3. The van der Waals surface area contributed by atoms with Crippen molar-refractivity contribution in [2.24, 2.45) is 56.7 Å². The van der Waals surface area contributed by atoms with Gasteiger partial charge in [-0.15, -0.1) is 0 Å². The molecule has 5 saturated carbocycles. The zero-order valence-electron chi connectivity index (χ0n) is 22.1. The number of hydrogen-bond donors (Lipinski definition) is 2. The molecule has 0 unspecified atom stereocenters. The van der Waals surface area contributed by atoms with Crippen LogP contribution in [-0.4, -0.2) is 28.6 Å². The summed E-state index contributed by atoms with van der Waals surface area (Å²) in [5.41, 5.74) is 0.341. The Morgan fingerprint density at radius 2 is 1.62 bits per heavy atom. The number of Topliss-reactive ketones (excluding diaryl/α,β-unsaturated/α-hetero) is 1. The highest BCUT2D eigenvalue weighted by atomic mass is 16.4. The molecule has 0 radical (unpaired) electrons. The summed E-state index contributed by atoms with van der Waals surface area (Å²) in [6.07, 6.45) is 9.46. The van der Waals surface area contributed by atoms with Crippen LogP contribution in [0.25, 0.3) is 0 Å². The molecule has 5 aliphatic rings. The van der Waals surface area contributed by atoms with E-state index in [4.69, 9.17) is 0 Å². The summed E-state index contributed by atoms with van der Waals surface area (Å²) in [6, 6.07) is 0. The van der Waals surface area contributed by atoms with Crippen molar-refractivity contribution in [1.82, 2.24) is 0 Å². The van der Waals surface area contributed by atoms with Crippen LogP contribution in [0.15, 0.2) is 12.2 Å². The number of aliphatic hydroxyl groups excluding tert-OH is 1. The molecule has 0 bridgehead atoms. The Bertz CT molecular complexity index is 921. The minimum atomic E-state index is -0.656. The summed E-state index contributed by atoms with van der Waals surface area (Å²) in [5, 5.41) is 20.5. The predicted octanol–water partition coefficient (Wildman–Crippen LogP) is 6.27. The molecule has 0 heterocycles. The molecular formula is C30H46O4. The number of fused-ring (bicyclic) bond motifs is 7. The van der Waals surface area contributed by atoms with Gasteiger partial charge < -0.3 is 10.2 Å². The van der Waals surface area contributed by atoms with Gasteiger partial charge in [0.25, 0.3) is 0 Å². The Kier molecular flexibility index (Phi) is 5.36. The molecule has 0 aromatic carbocycles. The average Bonchev–Trinajstić information content (AvgIpc) is 3.18. The van der Waals surface area contributed by atoms with Gasteiger partial charge in [-0.25, -0.2) is 0 Å². The number of hydrogen-bond acceptors (Lipinski definition) is 3. The summed E-state index contributed by atoms with van der Waals surface area (Å²) in [6.45, 7) is 16.1. The van der Waals surface area contributed by atoms with Crippen molar-refractivity contribution in [1.29, 1.82) is 0 Å². The Morgan fingerprint density at radius 1 is 0.912 bits per heavy atom. The molecule has 5 fully saturated rings. The third kappa shape index (κ3) is 2.75. The van der Waals surface area contributed by atoms with Crippen LogP contribution >= 0.6 is 0 Å². The zero-order chi connectivity index (χ0) is 24.9. The van der Waals surface area contributed by atoms with E-state index in [0.29, 0.717) is 30.0 Å². The number of carbonyl (C=O) groups excluding carboxylic acids is 1. The highest BCUT2D eigenvalue weighted by Crippen LogP contribution is 2.77. The topological polar surface area (TPSA) is 74.6 Å². The van der Waals surface area contributed by atoms with Crippen LogP contribution in [-0.2, 0) is 9.59 Å². The second kappa shape index (κ2) is 7.43. The van der Waals surface area contributed by atoms with Crippen molar-refractivity contribution in [3.63, 3.8) is 0 Å². The first-order valence-electron chi connectivity index (χ1n) is 13.8. The van der Waals surface area contributed by atoms with Crippen molar-refractivity contribution in [2.45, 2.75) is 98.8 Å². The van der Waals surface area contributed by atoms with E-state index in [2.05, 4.69) is 41.2 Å². The molecule has 5 rings (SSSR count). The van der Waals surface area contributed by atoms with Crippen molar-refractivity contribution in [2.75, 3.05) is 6.61 Å². The number of aliphatic carboxylic acids is 1. The summed E-state index contributed by atoms with van der Waals surface area (Å²) in [5.74, 6) is 1.38. The molecule has 4 heteroatoms. The van der Waals surface area contributed by atoms with E-state index in [9.17, 15) is 19.8 Å². The maximum atomic E-state index is 12.9. The van der Waals surface area contributed by atoms with Gasteiger partial charge in [0, 0.05) is 11.8 Å². The third-order valence-corrected chi connectivity index (χ3v) is 13.3. The maximum absolute atomic E-state index is 12.9. The number of carboxylic acid groups (broad SMARTS) is 1. The van der Waals surface area contributed by atoms with E-state index in [0.717, 1.165) is 63.4 Å². The van der Waals surface area contributed by atoms with Crippen LogP contribution in [0.2, 0.25) is 0 Å². The molecule has 4 nitrogen and oxygen atoms in total.